The molecule has 1 amide bonds. The predicted octanol–water partition coefficient (Wildman–Crippen LogP) is 3.96. The van der Waals surface area contributed by atoms with E-state index in [-0.39, 0.29) is 12.0 Å². The summed E-state index contributed by atoms with van der Waals surface area (Å²) in [5.74, 6) is 0.492. The number of hydrogen-bond donors (Lipinski definition) is 1. The minimum absolute atomic E-state index is 0.0882. The summed E-state index contributed by atoms with van der Waals surface area (Å²) in [6, 6.07) is 5.63. The molecule has 0 saturated carbocycles. The van der Waals surface area contributed by atoms with Gasteiger partial charge in [-0.15, -0.1) is 11.3 Å². The first-order valence-corrected chi connectivity index (χ1v) is 11.3. The van der Waals surface area contributed by atoms with Gasteiger partial charge in [0.25, 0.3) is 5.91 Å². The van der Waals surface area contributed by atoms with E-state index in [9.17, 15) is 4.79 Å². The van der Waals surface area contributed by atoms with E-state index < -0.39 is 0 Å². The molecule has 162 valence electrons. The molecule has 1 aliphatic heterocycles. The van der Waals surface area contributed by atoms with Crippen LogP contribution in [0.3, 0.4) is 0 Å². The summed E-state index contributed by atoms with van der Waals surface area (Å²) in [5.41, 5.74) is 2.97. The minimum Gasteiger partial charge on any atom is -0.490 e. The van der Waals surface area contributed by atoms with E-state index in [2.05, 4.69) is 27.2 Å². The zero-order chi connectivity index (χ0) is 21.6. The van der Waals surface area contributed by atoms with Crippen LogP contribution >= 0.6 is 11.3 Å². The van der Waals surface area contributed by atoms with Crippen molar-refractivity contribution in [2.45, 2.75) is 45.8 Å². The van der Waals surface area contributed by atoms with Crippen molar-refractivity contribution in [1.82, 2.24) is 20.3 Å². The largest absolute Gasteiger partial charge is 0.490 e. The third kappa shape index (κ3) is 5.65. The fourth-order valence-electron chi connectivity index (χ4n) is 3.30. The van der Waals surface area contributed by atoms with Gasteiger partial charge in [-0.1, -0.05) is 6.92 Å². The van der Waals surface area contributed by atoms with E-state index in [1.807, 2.05) is 25.3 Å². The second kappa shape index (κ2) is 9.98. The zero-order valence-corrected chi connectivity index (χ0v) is 18.6. The number of nitrogens with zero attached hydrogens (tertiary/aromatic N) is 3. The molecule has 1 aromatic carbocycles. The predicted molar refractivity (Wildman–Crippen MR) is 119 cm³/mol. The normalized spacial score (nSPS) is 14.4. The zero-order valence-electron chi connectivity index (χ0n) is 17.8. The van der Waals surface area contributed by atoms with Gasteiger partial charge in [-0.25, -0.2) is 4.98 Å². The third-order valence-electron chi connectivity index (χ3n) is 5.05. The van der Waals surface area contributed by atoms with Crippen LogP contribution in [-0.4, -0.2) is 40.2 Å². The molecule has 1 saturated heterocycles. The van der Waals surface area contributed by atoms with Crippen LogP contribution in [0.15, 0.2) is 36.8 Å². The van der Waals surface area contributed by atoms with Crippen LogP contribution in [0.2, 0.25) is 0 Å². The highest BCUT2D eigenvalue weighted by atomic mass is 32.1. The SMILES string of the molecule is CCc1cnc(-c2cc(OC3CCOCC3)cc(C(=O)NCc3cnc(C)cn3)c2)s1. The molecule has 31 heavy (non-hydrogen) atoms. The lowest BCUT2D eigenvalue weighted by molar-refractivity contribution is 0.0255. The van der Waals surface area contributed by atoms with Crippen LogP contribution in [0.5, 0.6) is 5.75 Å². The van der Waals surface area contributed by atoms with Crippen LogP contribution in [0.1, 0.15) is 46.4 Å². The van der Waals surface area contributed by atoms with Crippen LogP contribution in [0, 0.1) is 6.92 Å². The van der Waals surface area contributed by atoms with Crippen molar-refractivity contribution in [1.29, 1.82) is 0 Å². The van der Waals surface area contributed by atoms with Gasteiger partial charge in [-0.3, -0.25) is 14.8 Å². The number of rotatable bonds is 7. The fourth-order valence-corrected chi connectivity index (χ4v) is 4.14. The van der Waals surface area contributed by atoms with Gasteiger partial charge in [-0.05, 0) is 31.5 Å². The molecule has 3 aromatic rings. The fraction of sp³-hybridized carbons (Fsp3) is 0.391. The topological polar surface area (TPSA) is 86.2 Å². The molecule has 0 radical (unpaired) electrons. The Morgan fingerprint density at radius 3 is 2.71 bits per heavy atom. The first kappa shape index (κ1) is 21.4. The number of hydrogen-bond acceptors (Lipinski definition) is 7. The highest BCUT2D eigenvalue weighted by molar-refractivity contribution is 7.15. The van der Waals surface area contributed by atoms with Crippen molar-refractivity contribution >= 4 is 17.2 Å². The Labute approximate surface area is 185 Å². The van der Waals surface area contributed by atoms with Gasteiger partial charge in [0.2, 0.25) is 0 Å². The number of thiazole rings is 1. The molecule has 0 spiro atoms. The number of amides is 1. The van der Waals surface area contributed by atoms with E-state index in [1.54, 1.807) is 29.8 Å². The molecule has 0 unspecified atom stereocenters. The Balaban J connectivity index is 1.56. The van der Waals surface area contributed by atoms with Gasteiger partial charge in [0.05, 0.1) is 37.3 Å². The Kier molecular flexibility index (Phi) is 6.89. The average Bonchev–Trinajstić information content (AvgIpc) is 3.28. The molecule has 8 heteroatoms. The highest BCUT2D eigenvalue weighted by Gasteiger charge is 2.18. The Bertz CT molecular complexity index is 1030. The summed E-state index contributed by atoms with van der Waals surface area (Å²) in [6.07, 6.45) is 7.96. The van der Waals surface area contributed by atoms with Gasteiger partial charge < -0.3 is 14.8 Å². The van der Waals surface area contributed by atoms with Gasteiger partial charge in [0, 0.05) is 41.2 Å². The first-order valence-electron chi connectivity index (χ1n) is 10.5. The monoisotopic (exact) mass is 438 g/mol. The van der Waals surface area contributed by atoms with Crippen molar-refractivity contribution in [3.63, 3.8) is 0 Å². The molecule has 1 fully saturated rings. The Morgan fingerprint density at radius 2 is 2.00 bits per heavy atom. The Hall–Kier alpha value is -2.84. The number of nitrogens with one attached hydrogen (secondary N) is 1. The molecule has 1 N–H and O–H groups in total. The Morgan fingerprint density at radius 1 is 1.16 bits per heavy atom. The van der Waals surface area contributed by atoms with Gasteiger partial charge in [-0.2, -0.15) is 0 Å². The molecular weight excluding hydrogens is 412 g/mol. The van der Waals surface area contributed by atoms with E-state index in [0.717, 1.165) is 35.5 Å². The molecule has 0 bridgehead atoms. The van der Waals surface area contributed by atoms with Crippen LogP contribution in [-0.2, 0) is 17.7 Å². The number of ether oxygens (including phenoxy) is 2. The smallest absolute Gasteiger partial charge is 0.251 e. The summed E-state index contributed by atoms with van der Waals surface area (Å²) in [7, 11) is 0. The lowest BCUT2D eigenvalue weighted by Crippen LogP contribution is -2.26. The standard InChI is InChI=1S/C23H26N4O3S/c1-3-21-14-27-23(31-21)17-8-16(9-20(10-17)30-19-4-6-29-7-5-19)22(28)26-13-18-12-24-15(2)11-25-18/h8-12,14,19H,3-7,13H2,1-2H3,(H,26,28). The maximum Gasteiger partial charge on any atom is 0.251 e. The van der Waals surface area contributed by atoms with Gasteiger partial charge in [0.15, 0.2) is 0 Å². The molecule has 4 rings (SSSR count). The maximum atomic E-state index is 12.9. The van der Waals surface area contributed by atoms with Crippen molar-refractivity contribution in [2.75, 3.05) is 13.2 Å². The lowest BCUT2D eigenvalue weighted by Gasteiger charge is -2.23. The van der Waals surface area contributed by atoms with Gasteiger partial charge >= 0.3 is 0 Å². The van der Waals surface area contributed by atoms with Crippen molar-refractivity contribution < 1.29 is 14.3 Å². The number of benzene rings is 1. The van der Waals surface area contributed by atoms with Crippen LogP contribution in [0.4, 0.5) is 0 Å². The number of carbonyl (C=O) groups excluding carboxylic acids is 1. The second-order valence-corrected chi connectivity index (χ2v) is 8.61. The van der Waals surface area contributed by atoms with E-state index in [1.165, 1.54) is 4.88 Å². The van der Waals surface area contributed by atoms with Crippen LogP contribution < -0.4 is 10.1 Å². The first-order chi connectivity index (χ1) is 15.1. The molecule has 7 nitrogen and oxygen atoms in total. The molecule has 3 heterocycles. The summed E-state index contributed by atoms with van der Waals surface area (Å²) in [6.45, 7) is 5.69. The molecule has 1 aliphatic rings. The number of aromatic nitrogens is 3. The molecule has 2 aromatic heterocycles. The lowest BCUT2D eigenvalue weighted by atomic mass is 10.1. The van der Waals surface area contributed by atoms with Crippen LogP contribution in [0.25, 0.3) is 10.6 Å². The third-order valence-corrected chi connectivity index (χ3v) is 6.24. The number of carbonyl (C=O) groups is 1. The minimum atomic E-state index is -0.187. The quantitative estimate of drug-likeness (QED) is 0.601. The summed E-state index contributed by atoms with van der Waals surface area (Å²) in [5, 5.41) is 3.81. The second-order valence-electron chi connectivity index (χ2n) is 7.49. The van der Waals surface area contributed by atoms with E-state index in [4.69, 9.17) is 9.47 Å². The average molecular weight is 439 g/mol. The maximum absolute atomic E-state index is 12.9. The highest BCUT2D eigenvalue weighted by Crippen LogP contribution is 2.31. The van der Waals surface area contributed by atoms with Crippen molar-refractivity contribution in [3.8, 4) is 16.3 Å². The summed E-state index contributed by atoms with van der Waals surface area (Å²) < 4.78 is 11.6. The molecule has 0 aliphatic carbocycles. The van der Waals surface area contributed by atoms with Gasteiger partial charge in [0.1, 0.15) is 16.9 Å². The molecule has 0 atom stereocenters. The van der Waals surface area contributed by atoms with Crippen molar-refractivity contribution in [2.24, 2.45) is 0 Å². The molecular formula is C23H26N4O3S. The van der Waals surface area contributed by atoms with E-state index in [0.29, 0.717) is 36.8 Å². The summed E-state index contributed by atoms with van der Waals surface area (Å²) >= 11 is 1.64. The number of aryl methyl sites for hydroxylation is 2. The van der Waals surface area contributed by atoms with E-state index >= 15 is 0 Å². The summed E-state index contributed by atoms with van der Waals surface area (Å²) in [4.78, 5) is 27.2. The van der Waals surface area contributed by atoms with Crippen molar-refractivity contribution in [3.05, 3.63) is 58.6 Å².